The summed E-state index contributed by atoms with van der Waals surface area (Å²) in [6.07, 6.45) is 0. The minimum atomic E-state index is -0.830. The van der Waals surface area contributed by atoms with Crippen molar-refractivity contribution in [2.75, 3.05) is 5.32 Å². The normalized spacial score (nSPS) is 11.2. The summed E-state index contributed by atoms with van der Waals surface area (Å²) in [6, 6.07) is 9.13. The molecule has 2 aromatic carbocycles. The summed E-state index contributed by atoms with van der Waals surface area (Å²) >= 11 is 0. The van der Waals surface area contributed by atoms with Crippen LogP contribution in [0.15, 0.2) is 52.1 Å². The van der Waals surface area contributed by atoms with Gasteiger partial charge in [0.2, 0.25) is 5.91 Å². The van der Waals surface area contributed by atoms with E-state index in [-0.39, 0.29) is 18.2 Å². The third kappa shape index (κ3) is 4.00. The standard InChI is InChI=1S/C20H19F2N3O3/c1-12(2)10-25-19(27)16-5-3-4-6-17(16)24(20(25)28)11-18(26)23-15-8-13(21)7-14(22)9-15/h3-9,12H,10-11H2,1-2H3,(H,23,26). The highest BCUT2D eigenvalue weighted by atomic mass is 19.1. The number of fused-ring (bicyclic) bond motifs is 1. The lowest BCUT2D eigenvalue weighted by Gasteiger charge is -2.15. The van der Waals surface area contributed by atoms with Gasteiger partial charge in [0.1, 0.15) is 18.2 Å². The van der Waals surface area contributed by atoms with E-state index in [0.717, 1.165) is 16.7 Å². The fraction of sp³-hybridized carbons (Fsp3) is 0.250. The number of aromatic nitrogens is 2. The number of para-hydroxylation sites is 1. The van der Waals surface area contributed by atoms with Gasteiger partial charge in [-0.15, -0.1) is 0 Å². The predicted molar refractivity (Wildman–Crippen MR) is 102 cm³/mol. The van der Waals surface area contributed by atoms with Gasteiger partial charge in [0, 0.05) is 18.3 Å². The SMILES string of the molecule is CC(C)Cn1c(=O)c2ccccc2n(CC(=O)Nc2cc(F)cc(F)c2)c1=O. The zero-order valence-electron chi connectivity index (χ0n) is 15.4. The minimum Gasteiger partial charge on any atom is -0.324 e. The number of benzene rings is 2. The van der Waals surface area contributed by atoms with Gasteiger partial charge in [-0.25, -0.2) is 13.6 Å². The fourth-order valence-electron chi connectivity index (χ4n) is 3.02. The lowest BCUT2D eigenvalue weighted by Crippen LogP contribution is -2.42. The maximum absolute atomic E-state index is 13.3. The van der Waals surface area contributed by atoms with Gasteiger partial charge < -0.3 is 5.32 Å². The number of halogens is 2. The molecule has 0 saturated carbocycles. The van der Waals surface area contributed by atoms with Crippen LogP contribution < -0.4 is 16.6 Å². The van der Waals surface area contributed by atoms with Gasteiger partial charge in [0.25, 0.3) is 5.56 Å². The van der Waals surface area contributed by atoms with Crippen LogP contribution >= 0.6 is 0 Å². The molecular formula is C20H19F2N3O3. The van der Waals surface area contributed by atoms with E-state index in [1.165, 1.54) is 4.57 Å². The Kier molecular flexibility index (Phi) is 5.39. The summed E-state index contributed by atoms with van der Waals surface area (Å²) in [6.45, 7) is 3.54. The molecule has 28 heavy (non-hydrogen) atoms. The molecule has 1 heterocycles. The molecule has 8 heteroatoms. The zero-order chi connectivity index (χ0) is 20.4. The third-order valence-electron chi connectivity index (χ3n) is 4.13. The Morgan fingerprint density at radius 1 is 1.04 bits per heavy atom. The molecule has 0 aliphatic carbocycles. The lowest BCUT2D eigenvalue weighted by atomic mass is 10.2. The molecule has 0 radical (unpaired) electrons. The highest BCUT2D eigenvalue weighted by Gasteiger charge is 2.16. The largest absolute Gasteiger partial charge is 0.331 e. The summed E-state index contributed by atoms with van der Waals surface area (Å²) in [5.74, 6) is -2.26. The molecular weight excluding hydrogens is 368 g/mol. The van der Waals surface area contributed by atoms with Gasteiger partial charge in [-0.2, -0.15) is 0 Å². The molecule has 0 aliphatic heterocycles. The molecule has 0 unspecified atom stereocenters. The molecule has 0 spiro atoms. The highest BCUT2D eigenvalue weighted by molar-refractivity contribution is 5.91. The molecule has 1 N–H and O–H groups in total. The summed E-state index contributed by atoms with van der Waals surface area (Å²) < 4.78 is 28.9. The second kappa shape index (κ2) is 7.75. The Bertz CT molecular complexity index is 1150. The maximum atomic E-state index is 13.3. The van der Waals surface area contributed by atoms with Crippen LogP contribution in [0.5, 0.6) is 0 Å². The molecule has 1 amide bonds. The molecule has 0 bridgehead atoms. The highest BCUT2D eigenvalue weighted by Crippen LogP contribution is 2.13. The molecule has 1 aromatic heterocycles. The van der Waals surface area contributed by atoms with E-state index in [9.17, 15) is 23.2 Å². The first-order valence-electron chi connectivity index (χ1n) is 8.74. The number of hydrogen-bond donors (Lipinski definition) is 1. The minimum absolute atomic E-state index is 0.0455. The van der Waals surface area contributed by atoms with E-state index < -0.39 is 35.3 Å². The number of nitrogens with zero attached hydrogens (tertiary/aromatic N) is 2. The summed E-state index contributed by atoms with van der Waals surface area (Å²) in [5, 5.41) is 2.69. The second-order valence-electron chi connectivity index (χ2n) is 6.90. The fourth-order valence-corrected chi connectivity index (χ4v) is 3.02. The Hall–Kier alpha value is -3.29. The smallest absolute Gasteiger partial charge is 0.324 e. The van der Waals surface area contributed by atoms with Crippen LogP contribution in [0.25, 0.3) is 10.9 Å². The quantitative estimate of drug-likeness (QED) is 0.732. The van der Waals surface area contributed by atoms with E-state index in [0.29, 0.717) is 17.0 Å². The topological polar surface area (TPSA) is 73.1 Å². The maximum Gasteiger partial charge on any atom is 0.331 e. The Labute approximate surface area is 159 Å². The van der Waals surface area contributed by atoms with Crippen LogP contribution in [0.2, 0.25) is 0 Å². The Morgan fingerprint density at radius 3 is 2.32 bits per heavy atom. The molecule has 6 nitrogen and oxygen atoms in total. The number of carbonyl (C=O) groups excluding carboxylic acids is 1. The molecule has 3 rings (SSSR count). The Balaban J connectivity index is 2.03. The van der Waals surface area contributed by atoms with E-state index in [1.807, 2.05) is 13.8 Å². The number of nitrogens with one attached hydrogen (secondary N) is 1. The number of amides is 1. The van der Waals surface area contributed by atoms with Crippen molar-refractivity contribution >= 4 is 22.5 Å². The number of carbonyl (C=O) groups is 1. The van der Waals surface area contributed by atoms with Crippen molar-refractivity contribution in [1.82, 2.24) is 9.13 Å². The Morgan fingerprint density at radius 2 is 1.68 bits per heavy atom. The number of rotatable bonds is 5. The average molecular weight is 387 g/mol. The molecule has 0 fully saturated rings. The van der Waals surface area contributed by atoms with Crippen molar-refractivity contribution in [3.63, 3.8) is 0 Å². The van der Waals surface area contributed by atoms with E-state index >= 15 is 0 Å². The van der Waals surface area contributed by atoms with Crippen molar-refractivity contribution < 1.29 is 13.6 Å². The van der Waals surface area contributed by atoms with E-state index in [2.05, 4.69) is 5.32 Å². The first-order chi connectivity index (χ1) is 13.3. The van der Waals surface area contributed by atoms with Gasteiger partial charge in [-0.05, 0) is 30.2 Å². The average Bonchev–Trinajstić information content (AvgIpc) is 2.61. The first kappa shape index (κ1) is 19.5. The van der Waals surface area contributed by atoms with Crippen molar-refractivity contribution in [3.05, 3.63) is 74.9 Å². The van der Waals surface area contributed by atoms with Crippen molar-refractivity contribution in [2.45, 2.75) is 26.9 Å². The third-order valence-corrected chi connectivity index (χ3v) is 4.13. The van der Waals surface area contributed by atoms with E-state index in [4.69, 9.17) is 0 Å². The number of anilines is 1. The molecule has 146 valence electrons. The van der Waals surface area contributed by atoms with Gasteiger partial charge in [0.05, 0.1) is 10.9 Å². The van der Waals surface area contributed by atoms with Crippen LogP contribution in [-0.4, -0.2) is 15.0 Å². The molecule has 0 atom stereocenters. The first-order valence-corrected chi connectivity index (χ1v) is 8.74. The van der Waals surface area contributed by atoms with Crippen LogP contribution in [0.1, 0.15) is 13.8 Å². The van der Waals surface area contributed by atoms with Crippen molar-refractivity contribution in [3.8, 4) is 0 Å². The molecule has 3 aromatic rings. The molecule has 0 saturated heterocycles. The van der Waals surface area contributed by atoms with Crippen molar-refractivity contribution in [2.24, 2.45) is 5.92 Å². The van der Waals surface area contributed by atoms with Crippen LogP contribution in [0, 0.1) is 17.6 Å². The molecule has 0 aliphatic rings. The summed E-state index contributed by atoms with van der Waals surface area (Å²) in [7, 11) is 0. The predicted octanol–water partition coefficient (Wildman–Crippen LogP) is 2.74. The van der Waals surface area contributed by atoms with Crippen LogP contribution in [0.4, 0.5) is 14.5 Å². The van der Waals surface area contributed by atoms with Gasteiger partial charge in [-0.3, -0.25) is 18.7 Å². The number of hydrogen-bond acceptors (Lipinski definition) is 3. The monoisotopic (exact) mass is 387 g/mol. The summed E-state index contributed by atoms with van der Waals surface area (Å²) in [4.78, 5) is 37.9. The van der Waals surface area contributed by atoms with E-state index in [1.54, 1.807) is 24.3 Å². The van der Waals surface area contributed by atoms with Gasteiger partial charge >= 0.3 is 5.69 Å². The van der Waals surface area contributed by atoms with Gasteiger partial charge in [-0.1, -0.05) is 26.0 Å². The van der Waals surface area contributed by atoms with Crippen LogP contribution in [0.3, 0.4) is 0 Å². The van der Waals surface area contributed by atoms with Crippen molar-refractivity contribution in [1.29, 1.82) is 0 Å². The van der Waals surface area contributed by atoms with Gasteiger partial charge in [0.15, 0.2) is 0 Å². The summed E-state index contributed by atoms with van der Waals surface area (Å²) in [5.41, 5.74) is -0.774. The second-order valence-corrected chi connectivity index (χ2v) is 6.90. The van der Waals surface area contributed by atoms with Crippen LogP contribution in [-0.2, 0) is 17.9 Å². The lowest BCUT2D eigenvalue weighted by molar-refractivity contribution is -0.116. The zero-order valence-corrected chi connectivity index (χ0v) is 15.4.